The van der Waals surface area contributed by atoms with Crippen LogP contribution in [-0.2, 0) is 17.8 Å². The van der Waals surface area contributed by atoms with Crippen LogP contribution in [0.3, 0.4) is 0 Å². The fourth-order valence-corrected chi connectivity index (χ4v) is 3.70. The van der Waals surface area contributed by atoms with Crippen LogP contribution < -0.4 is 10.6 Å². The lowest BCUT2D eigenvalue weighted by molar-refractivity contribution is 0.0342. The number of rotatable bonds is 7. The molecule has 0 saturated carbocycles. The van der Waals surface area contributed by atoms with Gasteiger partial charge in [-0.1, -0.05) is 30.7 Å². The number of hydrogen-bond acceptors (Lipinski definition) is 4. The zero-order valence-electron chi connectivity index (χ0n) is 17.2. The molecule has 0 spiro atoms. The van der Waals surface area contributed by atoms with E-state index < -0.39 is 0 Å². The highest BCUT2D eigenvalue weighted by Gasteiger charge is 2.11. The van der Waals surface area contributed by atoms with Crippen molar-refractivity contribution in [2.75, 3.05) is 59.5 Å². The average molecular weight is 501 g/mol. The number of nitrogens with one attached hydrogen (secondary N) is 2. The summed E-state index contributed by atoms with van der Waals surface area (Å²) in [6, 6.07) is 8.89. The molecule has 158 valence electrons. The molecule has 28 heavy (non-hydrogen) atoms. The average Bonchev–Trinajstić information content (AvgIpc) is 2.73. The molecule has 2 aliphatic rings. The first-order valence-corrected chi connectivity index (χ1v) is 10.4. The van der Waals surface area contributed by atoms with Crippen molar-refractivity contribution in [1.82, 2.24) is 20.4 Å². The molecular weight excluding hydrogens is 465 g/mol. The highest BCUT2D eigenvalue weighted by Crippen LogP contribution is 2.09. The van der Waals surface area contributed by atoms with Crippen LogP contribution in [-0.4, -0.2) is 75.3 Å². The van der Waals surface area contributed by atoms with Crippen molar-refractivity contribution in [3.63, 3.8) is 0 Å². The van der Waals surface area contributed by atoms with Gasteiger partial charge in [0.25, 0.3) is 0 Å². The van der Waals surface area contributed by atoms with Crippen LogP contribution in [0.15, 0.2) is 29.3 Å². The SMILES string of the molecule is CN=C(NCCN1CCCCC1)NCc1ccc(CN2CCOCC2)cc1.I. The molecule has 0 atom stereocenters. The Morgan fingerprint density at radius 3 is 2.29 bits per heavy atom. The number of piperidine rings is 1. The largest absolute Gasteiger partial charge is 0.379 e. The number of benzene rings is 1. The Morgan fingerprint density at radius 1 is 0.929 bits per heavy atom. The molecule has 2 fully saturated rings. The number of ether oxygens (including phenoxy) is 1. The van der Waals surface area contributed by atoms with Crippen LogP contribution in [0, 0.1) is 0 Å². The Kier molecular flexibility index (Phi) is 11.1. The summed E-state index contributed by atoms with van der Waals surface area (Å²) < 4.78 is 5.41. The number of nitrogens with zero attached hydrogens (tertiary/aromatic N) is 3. The normalized spacial score (nSPS) is 19.1. The van der Waals surface area contributed by atoms with Gasteiger partial charge in [-0.3, -0.25) is 9.89 Å². The maximum atomic E-state index is 5.41. The van der Waals surface area contributed by atoms with Crippen LogP contribution in [0.25, 0.3) is 0 Å². The van der Waals surface area contributed by atoms with Crippen molar-refractivity contribution < 1.29 is 4.74 Å². The first kappa shape index (κ1) is 23.4. The second-order valence-corrected chi connectivity index (χ2v) is 7.46. The van der Waals surface area contributed by atoms with Crippen LogP contribution >= 0.6 is 24.0 Å². The lowest BCUT2D eigenvalue weighted by Gasteiger charge is -2.26. The van der Waals surface area contributed by atoms with Gasteiger partial charge in [-0.15, -0.1) is 24.0 Å². The van der Waals surface area contributed by atoms with E-state index in [0.717, 1.165) is 58.4 Å². The molecule has 0 bridgehead atoms. The van der Waals surface area contributed by atoms with Gasteiger partial charge >= 0.3 is 0 Å². The number of aliphatic imine (C=N–C) groups is 1. The number of likely N-dealkylation sites (tertiary alicyclic amines) is 1. The van der Waals surface area contributed by atoms with Crippen LogP contribution in [0.2, 0.25) is 0 Å². The Morgan fingerprint density at radius 2 is 1.61 bits per heavy atom. The number of halogens is 1. The third-order valence-electron chi connectivity index (χ3n) is 5.39. The monoisotopic (exact) mass is 501 g/mol. The van der Waals surface area contributed by atoms with Crippen molar-refractivity contribution in [2.24, 2.45) is 4.99 Å². The molecular formula is C21H36IN5O. The zero-order chi connectivity index (χ0) is 18.7. The molecule has 7 heteroatoms. The Bertz CT molecular complexity index is 569. The first-order valence-electron chi connectivity index (χ1n) is 10.4. The summed E-state index contributed by atoms with van der Waals surface area (Å²) in [5.41, 5.74) is 2.64. The van der Waals surface area contributed by atoms with Crippen molar-refractivity contribution in [3.8, 4) is 0 Å². The van der Waals surface area contributed by atoms with E-state index in [0.29, 0.717) is 0 Å². The third-order valence-corrected chi connectivity index (χ3v) is 5.39. The molecule has 2 saturated heterocycles. The second-order valence-electron chi connectivity index (χ2n) is 7.46. The minimum atomic E-state index is 0. The standard InChI is InChI=1S/C21H35N5O.HI/c1-22-21(23-9-12-25-10-3-2-4-11-25)24-17-19-5-7-20(8-6-19)18-26-13-15-27-16-14-26;/h5-8H,2-4,9-18H2,1H3,(H2,22,23,24);1H. The summed E-state index contributed by atoms with van der Waals surface area (Å²) in [5.74, 6) is 0.879. The number of hydrogen-bond donors (Lipinski definition) is 2. The summed E-state index contributed by atoms with van der Waals surface area (Å²) in [6.45, 7) is 10.1. The van der Waals surface area contributed by atoms with Crippen molar-refractivity contribution in [2.45, 2.75) is 32.4 Å². The van der Waals surface area contributed by atoms with Crippen molar-refractivity contribution >= 4 is 29.9 Å². The number of guanidine groups is 1. The van der Waals surface area contributed by atoms with E-state index in [-0.39, 0.29) is 24.0 Å². The lowest BCUT2D eigenvalue weighted by atomic mass is 10.1. The fraction of sp³-hybridized carbons (Fsp3) is 0.667. The Hall–Kier alpha value is -0.900. The molecule has 0 aromatic heterocycles. The topological polar surface area (TPSA) is 52.1 Å². The zero-order valence-corrected chi connectivity index (χ0v) is 19.5. The van der Waals surface area contributed by atoms with Gasteiger partial charge in [-0.25, -0.2) is 0 Å². The van der Waals surface area contributed by atoms with Crippen LogP contribution in [0.1, 0.15) is 30.4 Å². The van der Waals surface area contributed by atoms with E-state index >= 15 is 0 Å². The molecule has 2 aliphatic heterocycles. The molecule has 1 aromatic rings. The molecule has 2 heterocycles. The maximum Gasteiger partial charge on any atom is 0.191 e. The maximum absolute atomic E-state index is 5.41. The highest BCUT2D eigenvalue weighted by atomic mass is 127. The van der Waals surface area contributed by atoms with E-state index in [4.69, 9.17) is 4.74 Å². The van der Waals surface area contributed by atoms with E-state index in [9.17, 15) is 0 Å². The summed E-state index contributed by atoms with van der Waals surface area (Å²) in [5, 5.41) is 6.85. The van der Waals surface area contributed by atoms with Crippen molar-refractivity contribution in [1.29, 1.82) is 0 Å². The predicted molar refractivity (Wildman–Crippen MR) is 126 cm³/mol. The van der Waals surface area contributed by atoms with Gasteiger partial charge in [0, 0.05) is 46.3 Å². The quantitative estimate of drug-likeness (QED) is 0.341. The summed E-state index contributed by atoms with van der Waals surface area (Å²) in [6.07, 6.45) is 4.07. The predicted octanol–water partition coefficient (Wildman–Crippen LogP) is 2.29. The summed E-state index contributed by atoms with van der Waals surface area (Å²) in [4.78, 5) is 9.33. The lowest BCUT2D eigenvalue weighted by Crippen LogP contribution is -2.42. The Balaban J connectivity index is 0.00000280. The number of morpholine rings is 1. The van der Waals surface area contributed by atoms with Gasteiger partial charge in [0.1, 0.15) is 0 Å². The molecule has 0 radical (unpaired) electrons. The van der Waals surface area contributed by atoms with E-state index in [1.54, 1.807) is 0 Å². The highest BCUT2D eigenvalue weighted by molar-refractivity contribution is 14.0. The molecule has 0 unspecified atom stereocenters. The molecule has 6 nitrogen and oxygen atoms in total. The van der Waals surface area contributed by atoms with Gasteiger partial charge in [0.2, 0.25) is 0 Å². The van der Waals surface area contributed by atoms with Gasteiger partial charge in [0.05, 0.1) is 13.2 Å². The fourth-order valence-electron chi connectivity index (χ4n) is 3.70. The van der Waals surface area contributed by atoms with E-state index in [1.807, 2.05) is 7.05 Å². The van der Waals surface area contributed by atoms with Crippen molar-refractivity contribution in [3.05, 3.63) is 35.4 Å². The molecule has 0 amide bonds. The van der Waals surface area contributed by atoms with Gasteiger partial charge in [0.15, 0.2) is 5.96 Å². The second kappa shape index (κ2) is 13.3. The first-order chi connectivity index (χ1) is 13.3. The molecule has 2 N–H and O–H groups in total. The van der Waals surface area contributed by atoms with E-state index in [2.05, 4.69) is 49.7 Å². The smallest absolute Gasteiger partial charge is 0.191 e. The molecule has 0 aliphatic carbocycles. The minimum absolute atomic E-state index is 0. The van der Waals surface area contributed by atoms with Gasteiger partial charge < -0.3 is 20.3 Å². The van der Waals surface area contributed by atoms with Crippen LogP contribution in [0.5, 0.6) is 0 Å². The third kappa shape index (κ3) is 8.23. The Labute approximate surface area is 187 Å². The minimum Gasteiger partial charge on any atom is -0.379 e. The van der Waals surface area contributed by atoms with Crippen LogP contribution in [0.4, 0.5) is 0 Å². The summed E-state index contributed by atoms with van der Waals surface area (Å²) >= 11 is 0. The summed E-state index contributed by atoms with van der Waals surface area (Å²) in [7, 11) is 1.83. The van der Waals surface area contributed by atoms with E-state index in [1.165, 1.54) is 43.5 Å². The molecule has 3 rings (SSSR count). The van der Waals surface area contributed by atoms with Gasteiger partial charge in [-0.2, -0.15) is 0 Å². The molecule has 1 aromatic carbocycles. The van der Waals surface area contributed by atoms with Gasteiger partial charge in [-0.05, 0) is 37.1 Å².